The number of rotatable bonds is 8. The van der Waals surface area contributed by atoms with Gasteiger partial charge >= 0.3 is 5.97 Å². The minimum Gasteiger partial charge on any atom is -0.480 e. The maximum atomic E-state index is 12.9. The minimum atomic E-state index is -0.944. The molecular formula is C19H27N3O4. The van der Waals surface area contributed by atoms with Crippen molar-refractivity contribution in [1.29, 1.82) is 0 Å². The summed E-state index contributed by atoms with van der Waals surface area (Å²) in [5, 5.41) is 20.9. The average molecular weight is 361 g/mol. The molecule has 0 bridgehead atoms. The summed E-state index contributed by atoms with van der Waals surface area (Å²) < 4.78 is 0. The molecule has 0 unspecified atom stereocenters. The number of aliphatic hydroxyl groups excluding tert-OH is 1. The third kappa shape index (κ3) is 4.95. The van der Waals surface area contributed by atoms with E-state index in [1.54, 1.807) is 24.3 Å². The van der Waals surface area contributed by atoms with Crippen LogP contribution in [0, 0.1) is 5.92 Å². The fourth-order valence-electron chi connectivity index (χ4n) is 3.50. The Morgan fingerprint density at radius 2 is 2.04 bits per heavy atom. The van der Waals surface area contributed by atoms with Gasteiger partial charge in [-0.3, -0.25) is 14.5 Å². The molecule has 1 heterocycles. The van der Waals surface area contributed by atoms with Crippen molar-refractivity contribution in [3.63, 3.8) is 0 Å². The minimum absolute atomic E-state index is 0.0435. The number of anilines is 1. The highest BCUT2D eigenvalue weighted by atomic mass is 16.4. The molecule has 1 atom stereocenters. The Balaban J connectivity index is 1.63. The first-order chi connectivity index (χ1) is 12.6. The first-order valence-electron chi connectivity index (χ1n) is 9.26. The van der Waals surface area contributed by atoms with E-state index in [4.69, 9.17) is 5.11 Å². The van der Waals surface area contributed by atoms with Gasteiger partial charge in [0, 0.05) is 50.1 Å². The lowest BCUT2D eigenvalue weighted by molar-refractivity contribution is -0.134. The Hall–Kier alpha value is -2.12. The topological polar surface area (TPSA) is 93.1 Å². The van der Waals surface area contributed by atoms with E-state index >= 15 is 0 Å². The van der Waals surface area contributed by atoms with Crippen molar-refractivity contribution in [2.24, 2.45) is 5.92 Å². The third-order valence-electron chi connectivity index (χ3n) is 5.10. The number of hydrogen-bond acceptors (Lipinski definition) is 5. The van der Waals surface area contributed by atoms with Crippen molar-refractivity contribution in [1.82, 2.24) is 9.80 Å². The molecular weight excluding hydrogens is 334 g/mol. The quantitative estimate of drug-likeness (QED) is 0.642. The number of carbonyl (C=O) groups is 2. The Kier molecular flexibility index (Phi) is 6.11. The highest BCUT2D eigenvalue weighted by Crippen LogP contribution is 2.31. The van der Waals surface area contributed by atoms with Gasteiger partial charge in [-0.2, -0.15) is 0 Å². The lowest BCUT2D eigenvalue weighted by Crippen LogP contribution is -2.55. The molecule has 1 aliphatic heterocycles. The zero-order chi connectivity index (χ0) is 18.5. The number of piperazine rings is 1. The molecule has 0 spiro atoms. The number of nitrogens with one attached hydrogen (secondary N) is 1. The molecule has 1 aliphatic carbocycles. The third-order valence-corrected chi connectivity index (χ3v) is 5.10. The Labute approximate surface area is 153 Å². The van der Waals surface area contributed by atoms with E-state index in [0.29, 0.717) is 30.8 Å². The molecule has 142 valence electrons. The summed E-state index contributed by atoms with van der Waals surface area (Å²) >= 11 is 0. The number of benzene rings is 1. The second-order valence-corrected chi connectivity index (χ2v) is 7.18. The predicted molar refractivity (Wildman–Crippen MR) is 98.3 cm³/mol. The predicted octanol–water partition coefficient (Wildman–Crippen LogP) is 1.10. The molecule has 7 heteroatoms. The second kappa shape index (κ2) is 8.51. The number of aliphatic hydroxyl groups is 1. The van der Waals surface area contributed by atoms with Crippen molar-refractivity contribution in [2.45, 2.75) is 25.3 Å². The van der Waals surface area contributed by atoms with Gasteiger partial charge in [-0.15, -0.1) is 0 Å². The number of aliphatic carboxylic acids is 1. The van der Waals surface area contributed by atoms with Gasteiger partial charge in [-0.05, 0) is 43.4 Å². The molecule has 3 N–H and O–H groups in total. The smallest absolute Gasteiger partial charge is 0.322 e. The van der Waals surface area contributed by atoms with Crippen molar-refractivity contribution >= 4 is 17.6 Å². The van der Waals surface area contributed by atoms with Crippen LogP contribution in [0.25, 0.3) is 0 Å². The lowest BCUT2D eigenvalue weighted by Gasteiger charge is -2.41. The van der Waals surface area contributed by atoms with E-state index in [2.05, 4.69) is 10.2 Å². The molecule has 26 heavy (non-hydrogen) atoms. The Bertz CT molecular complexity index is 647. The van der Waals surface area contributed by atoms with Crippen molar-refractivity contribution < 1.29 is 19.8 Å². The zero-order valence-corrected chi connectivity index (χ0v) is 14.9. The highest BCUT2D eigenvalue weighted by Gasteiger charge is 2.33. The second-order valence-electron chi connectivity index (χ2n) is 7.18. The molecule has 1 saturated carbocycles. The lowest BCUT2D eigenvalue weighted by atomic mass is 10.1. The normalized spacial score (nSPS) is 20.8. The summed E-state index contributed by atoms with van der Waals surface area (Å²) in [7, 11) is 0. The summed E-state index contributed by atoms with van der Waals surface area (Å²) in [6, 6.07) is 7.16. The first kappa shape index (κ1) is 18.7. The monoisotopic (exact) mass is 361 g/mol. The molecule has 0 aromatic heterocycles. The van der Waals surface area contributed by atoms with Gasteiger partial charge in [0.25, 0.3) is 5.91 Å². The van der Waals surface area contributed by atoms with Crippen LogP contribution in [0.4, 0.5) is 5.69 Å². The van der Waals surface area contributed by atoms with Crippen LogP contribution < -0.4 is 5.32 Å². The fourth-order valence-corrected chi connectivity index (χ4v) is 3.50. The van der Waals surface area contributed by atoms with Gasteiger partial charge in [0.15, 0.2) is 0 Å². The van der Waals surface area contributed by atoms with Crippen LogP contribution in [0.1, 0.15) is 29.6 Å². The molecule has 2 fully saturated rings. The van der Waals surface area contributed by atoms with E-state index < -0.39 is 5.97 Å². The molecule has 0 radical (unpaired) electrons. The molecule has 3 rings (SSSR count). The van der Waals surface area contributed by atoms with Gasteiger partial charge in [0.2, 0.25) is 0 Å². The molecule has 2 aliphatic rings. The first-order valence-corrected chi connectivity index (χ1v) is 9.26. The van der Waals surface area contributed by atoms with Crippen molar-refractivity contribution in [3.8, 4) is 0 Å². The summed E-state index contributed by atoms with van der Waals surface area (Å²) in [6.07, 6.45) is 3.26. The van der Waals surface area contributed by atoms with Gasteiger partial charge in [0.05, 0.1) is 0 Å². The summed E-state index contributed by atoms with van der Waals surface area (Å²) in [4.78, 5) is 27.8. The average Bonchev–Trinajstić information content (AvgIpc) is 3.45. The van der Waals surface area contributed by atoms with Gasteiger partial charge in [-0.25, -0.2) is 0 Å². The summed E-state index contributed by atoms with van der Waals surface area (Å²) in [5.74, 6) is -0.200. The maximum absolute atomic E-state index is 12.9. The molecule has 7 nitrogen and oxygen atoms in total. The van der Waals surface area contributed by atoms with Crippen molar-refractivity contribution in [3.05, 3.63) is 29.8 Å². The van der Waals surface area contributed by atoms with Crippen LogP contribution in [-0.2, 0) is 4.79 Å². The van der Waals surface area contributed by atoms with E-state index in [-0.39, 0.29) is 25.1 Å². The van der Waals surface area contributed by atoms with Crippen LogP contribution in [-0.4, -0.2) is 77.3 Å². The number of amides is 1. The van der Waals surface area contributed by atoms with Crippen LogP contribution in [0.5, 0.6) is 0 Å². The van der Waals surface area contributed by atoms with E-state index in [0.717, 1.165) is 19.0 Å². The van der Waals surface area contributed by atoms with E-state index in [1.165, 1.54) is 12.8 Å². The summed E-state index contributed by atoms with van der Waals surface area (Å²) in [6.45, 7) is 3.16. The van der Waals surface area contributed by atoms with E-state index in [1.807, 2.05) is 4.90 Å². The highest BCUT2D eigenvalue weighted by molar-refractivity contribution is 5.95. The molecule has 1 aromatic carbocycles. The van der Waals surface area contributed by atoms with Crippen molar-refractivity contribution in [2.75, 3.05) is 44.6 Å². The van der Waals surface area contributed by atoms with Gasteiger partial charge < -0.3 is 20.4 Å². The van der Waals surface area contributed by atoms with Crippen LogP contribution in [0.2, 0.25) is 0 Å². The standard InChI is InChI=1S/C19H27N3O4/c23-9-6-17-13-22(8-7-21(17)12-14-4-5-14)19(26)15-2-1-3-16(10-15)20-11-18(24)25/h1-3,10,14,17,20,23H,4-9,11-13H2,(H,24,25)/t17-/m1/s1. The van der Waals surface area contributed by atoms with Crippen LogP contribution >= 0.6 is 0 Å². The zero-order valence-electron chi connectivity index (χ0n) is 14.9. The van der Waals surface area contributed by atoms with Gasteiger partial charge in [-0.1, -0.05) is 6.07 Å². The summed E-state index contributed by atoms with van der Waals surface area (Å²) in [5.41, 5.74) is 1.18. The number of carboxylic acids is 1. The Morgan fingerprint density at radius 3 is 2.73 bits per heavy atom. The molecule has 1 aromatic rings. The fraction of sp³-hybridized carbons (Fsp3) is 0.579. The number of nitrogens with zero attached hydrogens (tertiary/aromatic N) is 2. The number of hydrogen-bond donors (Lipinski definition) is 3. The van der Waals surface area contributed by atoms with Crippen LogP contribution in [0.3, 0.4) is 0 Å². The van der Waals surface area contributed by atoms with Gasteiger partial charge in [0.1, 0.15) is 6.54 Å². The number of carboxylic acid groups (broad SMARTS) is 1. The SMILES string of the molecule is O=C(O)CNc1cccc(C(=O)N2CCN(CC3CC3)[C@H](CCO)C2)c1. The molecule has 1 saturated heterocycles. The molecule has 1 amide bonds. The van der Waals surface area contributed by atoms with E-state index in [9.17, 15) is 14.7 Å². The Morgan fingerprint density at radius 1 is 1.23 bits per heavy atom. The maximum Gasteiger partial charge on any atom is 0.322 e. The number of carbonyl (C=O) groups excluding carboxylic acids is 1. The largest absolute Gasteiger partial charge is 0.480 e. The van der Waals surface area contributed by atoms with Crippen LogP contribution in [0.15, 0.2) is 24.3 Å².